The minimum absolute atomic E-state index is 0.186. The van der Waals surface area contributed by atoms with E-state index in [-0.39, 0.29) is 5.97 Å². The van der Waals surface area contributed by atoms with Gasteiger partial charge in [0.25, 0.3) is 0 Å². The number of cyclic esters (lactones) is 1. The Bertz CT molecular complexity index is 371. The number of esters is 1. The summed E-state index contributed by atoms with van der Waals surface area (Å²) in [7, 11) is 0. The second kappa shape index (κ2) is 11.5. The highest BCUT2D eigenvalue weighted by molar-refractivity contribution is 5.95. The van der Waals surface area contributed by atoms with E-state index in [0.717, 1.165) is 24.8 Å². The van der Waals surface area contributed by atoms with Gasteiger partial charge in [-0.1, -0.05) is 57.9 Å². The lowest BCUT2D eigenvalue weighted by atomic mass is 9.98. The molecular formula is C19H32O3. The van der Waals surface area contributed by atoms with Crippen molar-refractivity contribution >= 4 is 5.97 Å². The van der Waals surface area contributed by atoms with Gasteiger partial charge in [0.15, 0.2) is 0 Å². The summed E-state index contributed by atoms with van der Waals surface area (Å²) in [5.41, 5.74) is 0.809. The maximum absolute atomic E-state index is 11.5. The maximum Gasteiger partial charge on any atom is 0.342 e. The lowest BCUT2D eigenvalue weighted by Gasteiger charge is -2.24. The van der Waals surface area contributed by atoms with Crippen LogP contribution in [-0.4, -0.2) is 17.2 Å². The third kappa shape index (κ3) is 7.26. The molecule has 0 aromatic heterocycles. The average Bonchev–Trinajstić information content (AvgIpc) is 2.50. The first-order valence-electron chi connectivity index (χ1n) is 8.92. The van der Waals surface area contributed by atoms with Crippen molar-refractivity contribution in [3.8, 4) is 0 Å². The van der Waals surface area contributed by atoms with Crippen LogP contribution >= 0.6 is 0 Å². The van der Waals surface area contributed by atoms with Gasteiger partial charge in [0, 0.05) is 6.42 Å². The van der Waals surface area contributed by atoms with Crippen LogP contribution in [0.15, 0.2) is 24.0 Å². The minimum Gasteiger partial charge on any atom is -0.427 e. The molecule has 1 aliphatic heterocycles. The molecule has 1 heterocycles. The first kappa shape index (κ1) is 19.0. The predicted octanol–water partition coefficient (Wildman–Crippen LogP) is 5.05. The molecule has 22 heavy (non-hydrogen) atoms. The van der Waals surface area contributed by atoms with Crippen LogP contribution in [-0.2, 0) is 9.53 Å². The van der Waals surface area contributed by atoms with Gasteiger partial charge >= 0.3 is 5.97 Å². The smallest absolute Gasteiger partial charge is 0.342 e. The predicted molar refractivity (Wildman–Crippen MR) is 90.4 cm³/mol. The first-order valence-corrected chi connectivity index (χ1v) is 8.92. The number of unbranched alkanes of at least 4 members (excludes halogenated alkanes) is 7. The Morgan fingerprint density at radius 2 is 1.77 bits per heavy atom. The Labute approximate surface area is 135 Å². The molecule has 0 fully saturated rings. The molecule has 0 bridgehead atoms. The van der Waals surface area contributed by atoms with Crippen molar-refractivity contribution in [3.05, 3.63) is 24.0 Å². The summed E-state index contributed by atoms with van der Waals surface area (Å²) in [5, 5.41) is 9.86. The van der Waals surface area contributed by atoms with Gasteiger partial charge in [-0.2, -0.15) is 0 Å². The zero-order valence-corrected chi connectivity index (χ0v) is 14.1. The van der Waals surface area contributed by atoms with Crippen molar-refractivity contribution in [1.82, 2.24) is 0 Å². The van der Waals surface area contributed by atoms with Crippen LogP contribution in [0.1, 0.15) is 84.0 Å². The summed E-state index contributed by atoms with van der Waals surface area (Å²) in [6.45, 7) is 5.88. The van der Waals surface area contributed by atoms with Gasteiger partial charge in [0.1, 0.15) is 5.76 Å². The third-order valence-corrected chi connectivity index (χ3v) is 4.20. The second-order valence-corrected chi connectivity index (χ2v) is 6.24. The molecule has 1 N–H and O–H groups in total. The molecule has 3 heteroatoms. The topological polar surface area (TPSA) is 46.5 Å². The number of carbonyl (C=O) groups is 1. The molecule has 0 saturated carbocycles. The summed E-state index contributed by atoms with van der Waals surface area (Å²) in [4.78, 5) is 11.5. The van der Waals surface area contributed by atoms with Crippen molar-refractivity contribution in [2.75, 3.05) is 0 Å². The quantitative estimate of drug-likeness (QED) is 0.278. The van der Waals surface area contributed by atoms with E-state index in [4.69, 9.17) is 4.74 Å². The Balaban J connectivity index is 2.15. The molecule has 0 amide bonds. The normalized spacial score (nSPS) is 15.5. The van der Waals surface area contributed by atoms with Gasteiger partial charge < -0.3 is 9.84 Å². The molecular weight excluding hydrogens is 276 g/mol. The van der Waals surface area contributed by atoms with Crippen molar-refractivity contribution in [3.63, 3.8) is 0 Å². The Kier molecular flexibility index (Phi) is 9.89. The molecule has 0 aromatic rings. The van der Waals surface area contributed by atoms with Crippen LogP contribution in [0.2, 0.25) is 0 Å². The number of allylic oxidation sites excluding steroid dienone is 1. The molecule has 126 valence electrons. The molecule has 1 rings (SSSR count). The Morgan fingerprint density at radius 1 is 1.14 bits per heavy atom. The number of aliphatic hydroxyl groups is 1. The first-order chi connectivity index (χ1) is 10.7. The van der Waals surface area contributed by atoms with Crippen LogP contribution in [0.3, 0.4) is 0 Å². The van der Waals surface area contributed by atoms with Gasteiger partial charge in [-0.25, -0.2) is 4.79 Å². The monoisotopic (exact) mass is 308 g/mol. The largest absolute Gasteiger partial charge is 0.427 e. The summed E-state index contributed by atoms with van der Waals surface area (Å²) in [6, 6.07) is 0. The molecule has 0 aromatic carbocycles. The van der Waals surface area contributed by atoms with Crippen molar-refractivity contribution in [2.24, 2.45) is 0 Å². The van der Waals surface area contributed by atoms with E-state index in [9.17, 15) is 9.90 Å². The van der Waals surface area contributed by atoms with Gasteiger partial charge in [0.2, 0.25) is 0 Å². The Morgan fingerprint density at radius 3 is 2.36 bits per heavy atom. The fraction of sp³-hybridized carbons (Fsp3) is 0.737. The zero-order valence-electron chi connectivity index (χ0n) is 14.1. The van der Waals surface area contributed by atoms with E-state index < -0.39 is 6.10 Å². The van der Waals surface area contributed by atoms with Gasteiger partial charge in [-0.05, 0) is 25.7 Å². The van der Waals surface area contributed by atoms with Crippen LogP contribution in [0, 0.1) is 0 Å². The molecule has 0 spiro atoms. The molecule has 0 aliphatic carbocycles. The lowest BCUT2D eigenvalue weighted by Crippen LogP contribution is -2.25. The van der Waals surface area contributed by atoms with E-state index in [1.54, 1.807) is 6.08 Å². The highest BCUT2D eigenvalue weighted by Gasteiger charge is 2.30. The number of aliphatic hydroxyl groups excluding tert-OH is 1. The van der Waals surface area contributed by atoms with Crippen LogP contribution in [0.5, 0.6) is 0 Å². The fourth-order valence-corrected chi connectivity index (χ4v) is 2.77. The number of hydrogen-bond donors (Lipinski definition) is 1. The summed E-state index contributed by atoms with van der Waals surface area (Å²) in [5.74, 6) is 0.526. The highest BCUT2D eigenvalue weighted by atomic mass is 16.6. The number of rotatable bonds is 14. The van der Waals surface area contributed by atoms with E-state index in [1.807, 2.05) is 0 Å². The summed E-state index contributed by atoms with van der Waals surface area (Å²) < 4.78 is 5.08. The summed E-state index contributed by atoms with van der Waals surface area (Å²) >= 11 is 0. The van der Waals surface area contributed by atoms with E-state index in [0.29, 0.717) is 18.6 Å². The zero-order chi connectivity index (χ0) is 16.2. The van der Waals surface area contributed by atoms with Crippen molar-refractivity contribution in [1.29, 1.82) is 0 Å². The number of ether oxygens (including phenoxy) is 1. The van der Waals surface area contributed by atoms with E-state index in [2.05, 4.69) is 13.5 Å². The van der Waals surface area contributed by atoms with E-state index in [1.165, 1.54) is 44.9 Å². The lowest BCUT2D eigenvalue weighted by molar-refractivity contribution is -0.141. The Hall–Kier alpha value is -1.09. The summed E-state index contributed by atoms with van der Waals surface area (Å²) in [6.07, 6.45) is 14.2. The van der Waals surface area contributed by atoms with Crippen molar-refractivity contribution < 1.29 is 14.6 Å². The molecule has 1 unspecified atom stereocenters. The average molecular weight is 308 g/mol. The third-order valence-electron chi connectivity index (χ3n) is 4.20. The molecule has 1 aliphatic rings. The second-order valence-electron chi connectivity index (χ2n) is 6.24. The standard InChI is InChI=1S/C19H32O3/c1-3-5-7-8-9-10-11-12-14-17-18(22-19(17)21)15-16(20)13-6-4-2/h4,16,20H,2-3,5-15H2,1H3. The minimum atomic E-state index is -0.435. The van der Waals surface area contributed by atoms with Crippen molar-refractivity contribution in [2.45, 2.75) is 90.1 Å². The fourth-order valence-electron chi connectivity index (χ4n) is 2.77. The molecule has 0 radical (unpaired) electrons. The molecule has 3 nitrogen and oxygen atoms in total. The van der Waals surface area contributed by atoms with Crippen LogP contribution in [0.4, 0.5) is 0 Å². The van der Waals surface area contributed by atoms with Gasteiger partial charge in [0.05, 0.1) is 11.7 Å². The SMILES string of the molecule is C=CCCC(O)CC1=C(CCCCCCCCCC)C(=O)O1. The maximum atomic E-state index is 11.5. The highest BCUT2D eigenvalue weighted by Crippen LogP contribution is 2.30. The van der Waals surface area contributed by atoms with Gasteiger partial charge in [-0.3, -0.25) is 0 Å². The number of hydrogen-bond acceptors (Lipinski definition) is 3. The molecule has 1 atom stereocenters. The van der Waals surface area contributed by atoms with E-state index >= 15 is 0 Å². The van der Waals surface area contributed by atoms with Crippen LogP contribution < -0.4 is 0 Å². The number of carbonyl (C=O) groups excluding carboxylic acids is 1. The van der Waals surface area contributed by atoms with Gasteiger partial charge in [-0.15, -0.1) is 6.58 Å². The van der Waals surface area contributed by atoms with Crippen LogP contribution in [0.25, 0.3) is 0 Å². The molecule has 0 saturated heterocycles.